The number of halogens is 3. The minimum atomic E-state index is -1.88. The number of amides is 1. The van der Waals surface area contributed by atoms with Crippen LogP contribution in [0, 0.1) is 0 Å². The molecule has 0 unspecified atom stereocenters. The number of carbonyl (C=O) groups excluding carboxylic acids is 1. The standard InChI is InChI=1S/C10H17Cl3N2O/c1-8(2)6-15(7(16)10(11,12)13)9(3,4)5-14-8/h14H,5-6H2,1-4H3. The topological polar surface area (TPSA) is 32.3 Å². The molecule has 1 rings (SSSR count). The van der Waals surface area contributed by atoms with E-state index in [0.717, 1.165) is 0 Å². The van der Waals surface area contributed by atoms with Crippen molar-refractivity contribution in [2.75, 3.05) is 13.1 Å². The Labute approximate surface area is 111 Å². The Hall–Kier alpha value is 0.300. The molecule has 1 heterocycles. The van der Waals surface area contributed by atoms with Crippen LogP contribution in [0.2, 0.25) is 0 Å². The summed E-state index contributed by atoms with van der Waals surface area (Å²) in [4.78, 5) is 13.7. The molecule has 1 N–H and O–H groups in total. The second-order valence-corrected chi connectivity index (χ2v) is 7.72. The fraction of sp³-hybridized carbons (Fsp3) is 0.900. The molecule has 1 aliphatic heterocycles. The summed E-state index contributed by atoms with van der Waals surface area (Å²) in [5.74, 6) is -0.461. The van der Waals surface area contributed by atoms with Gasteiger partial charge in [-0.1, -0.05) is 34.8 Å². The third-order valence-corrected chi connectivity index (χ3v) is 3.26. The Morgan fingerprint density at radius 3 is 2.19 bits per heavy atom. The van der Waals surface area contributed by atoms with Crippen molar-refractivity contribution in [3.8, 4) is 0 Å². The zero-order valence-corrected chi connectivity index (χ0v) is 12.2. The van der Waals surface area contributed by atoms with Crippen molar-refractivity contribution >= 4 is 40.7 Å². The fourth-order valence-electron chi connectivity index (χ4n) is 1.72. The van der Waals surface area contributed by atoms with Crippen LogP contribution in [-0.4, -0.2) is 38.8 Å². The molecule has 0 atom stereocenters. The maximum absolute atomic E-state index is 12.0. The lowest BCUT2D eigenvalue weighted by Crippen LogP contribution is -2.68. The number of nitrogens with zero attached hydrogens (tertiary/aromatic N) is 1. The Morgan fingerprint density at radius 1 is 1.25 bits per heavy atom. The van der Waals surface area contributed by atoms with Crippen molar-refractivity contribution in [1.82, 2.24) is 10.2 Å². The number of hydrogen-bond acceptors (Lipinski definition) is 2. The SMILES string of the molecule is CC1(C)CN(C(=O)C(Cl)(Cl)Cl)C(C)(C)CN1. The van der Waals surface area contributed by atoms with E-state index in [1.54, 1.807) is 4.90 Å². The second-order valence-electron chi connectivity index (χ2n) is 5.44. The summed E-state index contributed by atoms with van der Waals surface area (Å²) in [7, 11) is 0. The van der Waals surface area contributed by atoms with E-state index >= 15 is 0 Å². The highest BCUT2D eigenvalue weighted by molar-refractivity contribution is 6.76. The summed E-state index contributed by atoms with van der Waals surface area (Å²) in [5.41, 5.74) is -0.516. The van der Waals surface area contributed by atoms with Gasteiger partial charge in [-0.3, -0.25) is 4.79 Å². The Morgan fingerprint density at radius 2 is 1.75 bits per heavy atom. The molecular formula is C10H17Cl3N2O. The van der Waals surface area contributed by atoms with Gasteiger partial charge in [-0.2, -0.15) is 0 Å². The van der Waals surface area contributed by atoms with Crippen LogP contribution in [0.1, 0.15) is 27.7 Å². The van der Waals surface area contributed by atoms with E-state index < -0.39 is 9.70 Å². The molecule has 0 aromatic carbocycles. The van der Waals surface area contributed by atoms with Gasteiger partial charge >= 0.3 is 0 Å². The Balaban J connectivity index is 2.95. The number of alkyl halides is 3. The fourth-order valence-corrected chi connectivity index (χ4v) is 2.02. The van der Waals surface area contributed by atoms with Crippen LogP contribution in [0.4, 0.5) is 0 Å². The molecule has 1 saturated heterocycles. The molecule has 0 aromatic rings. The van der Waals surface area contributed by atoms with E-state index in [9.17, 15) is 4.79 Å². The molecular weight excluding hydrogens is 270 g/mol. The molecule has 16 heavy (non-hydrogen) atoms. The number of rotatable bonds is 0. The summed E-state index contributed by atoms with van der Waals surface area (Å²) in [6, 6.07) is 0. The van der Waals surface area contributed by atoms with Crippen LogP contribution in [0.25, 0.3) is 0 Å². The van der Waals surface area contributed by atoms with Gasteiger partial charge in [0.05, 0.1) is 0 Å². The zero-order chi connectivity index (χ0) is 12.8. The van der Waals surface area contributed by atoms with Gasteiger partial charge in [-0.15, -0.1) is 0 Å². The normalized spacial score (nSPS) is 24.3. The molecule has 0 saturated carbocycles. The van der Waals surface area contributed by atoms with Crippen LogP contribution in [0.5, 0.6) is 0 Å². The smallest absolute Gasteiger partial charge is 0.275 e. The quantitative estimate of drug-likeness (QED) is 0.694. The monoisotopic (exact) mass is 286 g/mol. The van der Waals surface area contributed by atoms with Crippen LogP contribution in [-0.2, 0) is 4.79 Å². The lowest BCUT2D eigenvalue weighted by Gasteiger charge is -2.50. The summed E-state index contributed by atoms with van der Waals surface area (Å²) < 4.78 is -1.88. The molecule has 6 heteroatoms. The number of nitrogens with one attached hydrogen (secondary N) is 1. The third-order valence-electron chi connectivity index (χ3n) is 2.77. The average molecular weight is 288 g/mol. The van der Waals surface area contributed by atoms with Gasteiger partial charge in [0, 0.05) is 24.2 Å². The summed E-state index contributed by atoms with van der Waals surface area (Å²) >= 11 is 17.0. The molecule has 94 valence electrons. The van der Waals surface area contributed by atoms with Gasteiger partial charge in [0.2, 0.25) is 0 Å². The van der Waals surface area contributed by atoms with Crippen LogP contribution in [0.15, 0.2) is 0 Å². The molecule has 1 aliphatic rings. The Bertz CT molecular complexity index is 297. The van der Waals surface area contributed by atoms with Crippen LogP contribution >= 0.6 is 34.8 Å². The highest BCUT2D eigenvalue weighted by Gasteiger charge is 2.46. The predicted molar refractivity (Wildman–Crippen MR) is 68.2 cm³/mol. The van der Waals surface area contributed by atoms with Crippen molar-refractivity contribution in [3.05, 3.63) is 0 Å². The average Bonchev–Trinajstić information content (AvgIpc) is 2.07. The van der Waals surface area contributed by atoms with E-state index in [1.165, 1.54) is 0 Å². The molecule has 3 nitrogen and oxygen atoms in total. The first kappa shape index (κ1) is 14.4. The largest absolute Gasteiger partial charge is 0.331 e. The molecule has 0 spiro atoms. The summed E-state index contributed by atoms with van der Waals surface area (Å²) in [5, 5.41) is 3.36. The minimum absolute atomic E-state index is 0.166. The third kappa shape index (κ3) is 3.16. The maximum Gasteiger partial charge on any atom is 0.275 e. The minimum Gasteiger partial charge on any atom is -0.331 e. The number of carbonyl (C=O) groups is 1. The maximum atomic E-state index is 12.0. The zero-order valence-electron chi connectivity index (χ0n) is 9.90. The van der Waals surface area contributed by atoms with Gasteiger partial charge < -0.3 is 10.2 Å². The highest BCUT2D eigenvalue weighted by Crippen LogP contribution is 2.33. The Kier molecular flexibility index (Phi) is 3.77. The molecule has 0 aliphatic carbocycles. The van der Waals surface area contributed by atoms with Gasteiger partial charge in [0.1, 0.15) is 0 Å². The first-order valence-electron chi connectivity index (χ1n) is 5.10. The lowest BCUT2D eigenvalue weighted by atomic mass is 9.91. The van der Waals surface area contributed by atoms with Crippen molar-refractivity contribution in [3.63, 3.8) is 0 Å². The first-order chi connectivity index (χ1) is 6.96. The number of piperazine rings is 1. The lowest BCUT2D eigenvalue weighted by molar-refractivity contribution is -0.139. The summed E-state index contributed by atoms with van der Waals surface area (Å²) in [6.45, 7) is 9.12. The van der Waals surface area contributed by atoms with Crippen molar-refractivity contribution in [2.24, 2.45) is 0 Å². The summed E-state index contributed by atoms with van der Waals surface area (Å²) in [6.07, 6.45) is 0. The van der Waals surface area contributed by atoms with Gasteiger partial charge in [0.25, 0.3) is 9.70 Å². The van der Waals surface area contributed by atoms with Crippen LogP contribution in [0.3, 0.4) is 0 Å². The second kappa shape index (κ2) is 4.20. The first-order valence-corrected chi connectivity index (χ1v) is 6.23. The van der Waals surface area contributed by atoms with Crippen molar-refractivity contribution in [2.45, 2.75) is 42.6 Å². The molecule has 1 fully saturated rings. The predicted octanol–water partition coefficient (Wildman–Crippen LogP) is 2.35. The van der Waals surface area contributed by atoms with Gasteiger partial charge in [-0.05, 0) is 27.7 Å². The van der Waals surface area contributed by atoms with E-state index in [4.69, 9.17) is 34.8 Å². The van der Waals surface area contributed by atoms with Crippen LogP contribution < -0.4 is 5.32 Å². The molecule has 0 radical (unpaired) electrons. The van der Waals surface area contributed by atoms with E-state index in [2.05, 4.69) is 5.32 Å². The van der Waals surface area contributed by atoms with E-state index in [1.807, 2.05) is 27.7 Å². The van der Waals surface area contributed by atoms with E-state index in [0.29, 0.717) is 13.1 Å². The molecule has 0 bridgehead atoms. The van der Waals surface area contributed by atoms with Crippen molar-refractivity contribution < 1.29 is 4.79 Å². The number of hydrogen-bond donors (Lipinski definition) is 1. The van der Waals surface area contributed by atoms with Gasteiger partial charge in [0.15, 0.2) is 0 Å². The molecule has 0 aromatic heterocycles. The highest BCUT2D eigenvalue weighted by atomic mass is 35.6. The molecule has 1 amide bonds. The van der Waals surface area contributed by atoms with E-state index in [-0.39, 0.29) is 11.1 Å². The van der Waals surface area contributed by atoms with Crippen molar-refractivity contribution in [1.29, 1.82) is 0 Å². The van der Waals surface area contributed by atoms with Gasteiger partial charge in [-0.25, -0.2) is 0 Å².